The van der Waals surface area contributed by atoms with Crippen LogP contribution in [0.3, 0.4) is 0 Å². The number of aliphatic hydroxyl groups is 1. The largest absolute Gasteiger partial charge is 0.375 e. The molecule has 0 radical (unpaired) electrons. The molecule has 1 aliphatic rings. The van der Waals surface area contributed by atoms with Gasteiger partial charge in [0.05, 0.1) is 5.54 Å². The molecule has 160 valence electrons. The molecule has 1 fully saturated rings. The maximum Gasteiger partial charge on any atom is 0.263 e. The molecule has 0 aliphatic carbocycles. The van der Waals surface area contributed by atoms with E-state index in [1.807, 2.05) is 0 Å². The van der Waals surface area contributed by atoms with Gasteiger partial charge in [-0.3, -0.25) is 14.9 Å². The summed E-state index contributed by atoms with van der Waals surface area (Å²) in [6.45, 7) is 2.64. The third-order valence-corrected chi connectivity index (χ3v) is 6.08. The minimum Gasteiger partial charge on any atom is -0.375 e. The number of benzene rings is 2. The van der Waals surface area contributed by atoms with Crippen molar-refractivity contribution >= 4 is 35.0 Å². The smallest absolute Gasteiger partial charge is 0.263 e. The zero-order chi connectivity index (χ0) is 21.9. The van der Waals surface area contributed by atoms with Gasteiger partial charge in [0, 0.05) is 23.0 Å². The second-order valence-corrected chi connectivity index (χ2v) is 8.68. The molecule has 1 heterocycles. The first-order chi connectivity index (χ1) is 14.2. The van der Waals surface area contributed by atoms with Gasteiger partial charge >= 0.3 is 0 Å². The molecule has 1 aliphatic heterocycles. The van der Waals surface area contributed by atoms with Crippen molar-refractivity contribution in [3.63, 3.8) is 0 Å². The van der Waals surface area contributed by atoms with E-state index in [4.69, 9.17) is 28.9 Å². The number of imide groups is 1. The Kier molecular flexibility index (Phi) is 6.84. The fourth-order valence-electron chi connectivity index (χ4n) is 3.73. The summed E-state index contributed by atoms with van der Waals surface area (Å²) in [7, 11) is 0. The van der Waals surface area contributed by atoms with Gasteiger partial charge in [-0.15, -0.1) is 0 Å². The second kappa shape index (κ2) is 9.04. The Morgan fingerprint density at radius 3 is 2.57 bits per heavy atom. The van der Waals surface area contributed by atoms with Crippen LogP contribution < -0.4 is 16.4 Å². The molecule has 1 saturated heterocycles. The van der Waals surface area contributed by atoms with Gasteiger partial charge in [0.15, 0.2) is 5.60 Å². The lowest BCUT2D eigenvalue weighted by Crippen LogP contribution is -2.57. The summed E-state index contributed by atoms with van der Waals surface area (Å²) in [5.41, 5.74) is 4.54. The zero-order valence-electron chi connectivity index (χ0n) is 16.7. The van der Waals surface area contributed by atoms with Crippen molar-refractivity contribution < 1.29 is 14.7 Å². The maximum absolute atomic E-state index is 13.3. The molecule has 6 nitrogen and oxygen atoms in total. The van der Waals surface area contributed by atoms with Gasteiger partial charge in [-0.05, 0) is 67.3 Å². The fourth-order valence-corrected chi connectivity index (χ4v) is 4.11. The van der Waals surface area contributed by atoms with Crippen molar-refractivity contribution in [1.82, 2.24) is 10.6 Å². The van der Waals surface area contributed by atoms with Gasteiger partial charge < -0.3 is 16.2 Å². The van der Waals surface area contributed by atoms with Crippen LogP contribution in [0.25, 0.3) is 0 Å². The molecule has 0 aromatic heterocycles. The van der Waals surface area contributed by atoms with Gasteiger partial charge in [-0.2, -0.15) is 0 Å². The van der Waals surface area contributed by atoms with E-state index in [2.05, 4.69) is 10.6 Å². The van der Waals surface area contributed by atoms with E-state index in [-0.39, 0.29) is 18.5 Å². The molecule has 2 amide bonds. The van der Waals surface area contributed by atoms with Gasteiger partial charge in [0.2, 0.25) is 5.91 Å². The van der Waals surface area contributed by atoms with Crippen molar-refractivity contribution in [1.29, 1.82) is 0 Å². The van der Waals surface area contributed by atoms with Crippen molar-refractivity contribution in [2.45, 2.75) is 43.9 Å². The monoisotopic (exact) mass is 449 g/mol. The highest BCUT2D eigenvalue weighted by molar-refractivity contribution is 6.31. The molecule has 30 heavy (non-hydrogen) atoms. The first kappa shape index (κ1) is 22.7. The van der Waals surface area contributed by atoms with E-state index in [0.29, 0.717) is 28.6 Å². The molecule has 3 rings (SSSR count). The lowest BCUT2D eigenvalue weighted by Gasteiger charge is -2.30. The van der Waals surface area contributed by atoms with E-state index in [1.54, 1.807) is 43.3 Å². The Bertz CT molecular complexity index is 960. The maximum atomic E-state index is 13.3. The van der Waals surface area contributed by atoms with Crippen LogP contribution in [0.2, 0.25) is 10.0 Å². The van der Waals surface area contributed by atoms with E-state index in [1.165, 1.54) is 6.07 Å². The van der Waals surface area contributed by atoms with Crippen molar-refractivity contribution in [2.75, 3.05) is 6.54 Å². The minimum atomic E-state index is -2.05. The van der Waals surface area contributed by atoms with E-state index < -0.39 is 23.0 Å². The summed E-state index contributed by atoms with van der Waals surface area (Å²) in [5.74, 6) is -1.30. The number of nitrogens with two attached hydrogens (primary N) is 1. The van der Waals surface area contributed by atoms with E-state index in [0.717, 1.165) is 12.0 Å². The molecule has 2 aromatic rings. The van der Waals surface area contributed by atoms with Gasteiger partial charge in [-0.25, -0.2) is 0 Å². The van der Waals surface area contributed by atoms with E-state index in [9.17, 15) is 14.7 Å². The number of halogens is 2. The number of amides is 2. The van der Waals surface area contributed by atoms with Crippen LogP contribution in [0.15, 0.2) is 42.5 Å². The average molecular weight is 450 g/mol. The van der Waals surface area contributed by atoms with Crippen LogP contribution in [0.4, 0.5) is 0 Å². The van der Waals surface area contributed by atoms with Crippen LogP contribution in [0, 0.1) is 0 Å². The molecule has 0 bridgehead atoms. The summed E-state index contributed by atoms with van der Waals surface area (Å²) in [6.07, 6.45) is 1.32. The quantitative estimate of drug-likeness (QED) is 0.542. The lowest BCUT2D eigenvalue weighted by atomic mass is 9.84. The Hall–Kier alpha value is -1.96. The van der Waals surface area contributed by atoms with Crippen LogP contribution in [0.5, 0.6) is 0 Å². The van der Waals surface area contributed by atoms with Crippen LogP contribution in [-0.4, -0.2) is 29.0 Å². The normalized spacial score (nSPS) is 20.6. The predicted molar refractivity (Wildman–Crippen MR) is 117 cm³/mol. The van der Waals surface area contributed by atoms with Crippen molar-refractivity contribution in [2.24, 2.45) is 5.73 Å². The Morgan fingerprint density at radius 2 is 1.93 bits per heavy atom. The molecule has 0 saturated carbocycles. The molecule has 0 spiro atoms. The van der Waals surface area contributed by atoms with Gasteiger partial charge in [0.1, 0.15) is 0 Å². The van der Waals surface area contributed by atoms with Gasteiger partial charge in [0.25, 0.3) is 5.91 Å². The summed E-state index contributed by atoms with van der Waals surface area (Å²) in [5, 5.41) is 17.9. The molecular formula is C22H25Cl2N3O3. The van der Waals surface area contributed by atoms with Crippen LogP contribution >= 0.6 is 23.2 Å². The number of rotatable bonds is 6. The Balaban J connectivity index is 1.99. The third-order valence-electron chi connectivity index (χ3n) is 5.61. The second-order valence-electron chi connectivity index (χ2n) is 7.81. The third kappa shape index (κ3) is 4.68. The number of hydrogen-bond donors (Lipinski definition) is 4. The standard InChI is InChI=1S/C22H25Cl2N3O3/c1-21(8-3-9-26-21)19(28)27-20(29)22(30,16-4-2-5-17(23)11-16)12-15-10-18(24)7-6-14(15)13-25/h2,4-7,10-11,26,30H,3,8-9,12-13,25H2,1H3,(H,27,28,29)/t21-,22-/m0/s1. The topological polar surface area (TPSA) is 104 Å². The molecule has 2 aromatic carbocycles. The SMILES string of the molecule is C[C@@]1(C(=O)NC(=O)[C@](O)(Cc2cc(Cl)ccc2CN)c2cccc(Cl)c2)CCCN1. The summed E-state index contributed by atoms with van der Waals surface area (Å²) >= 11 is 12.2. The molecule has 8 heteroatoms. The summed E-state index contributed by atoms with van der Waals surface area (Å²) in [6, 6.07) is 11.5. The molecule has 0 unspecified atom stereocenters. The van der Waals surface area contributed by atoms with E-state index >= 15 is 0 Å². The highest BCUT2D eigenvalue weighted by atomic mass is 35.5. The average Bonchev–Trinajstić information content (AvgIpc) is 3.16. The number of hydrogen-bond acceptors (Lipinski definition) is 5. The summed E-state index contributed by atoms with van der Waals surface area (Å²) < 4.78 is 0. The summed E-state index contributed by atoms with van der Waals surface area (Å²) in [4.78, 5) is 26.0. The Morgan fingerprint density at radius 1 is 1.20 bits per heavy atom. The first-order valence-corrected chi connectivity index (χ1v) is 10.5. The van der Waals surface area contributed by atoms with Crippen LogP contribution in [-0.2, 0) is 28.2 Å². The number of nitrogens with one attached hydrogen (secondary N) is 2. The number of carbonyl (C=O) groups is 2. The predicted octanol–water partition coefficient (Wildman–Crippen LogP) is 2.67. The molecular weight excluding hydrogens is 425 g/mol. The minimum absolute atomic E-state index is 0.121. The molecule has 5 N–H and O–H groups in total. The van der Waals surface area contributed by atoms with Crippen molar-refractivity contribution in [3.8, 4) is 0 Å². The van der Waals surface area contributed by atoms with Crippen molar-refractivity contribution in [3.05, 3.63) is 69.2 Å². The highest BCUT2D eigenvalue weighted by Crippen LogP contribution is 2.31. The number of carbonyl (C=O) groups excluding carboxylic acids is 2. The van der Waals surface area contributed by atoms with Gasteiger partial charge in [-0.1, -0.05) is 41.4 Å². The lowest BCUT2D eigenvalue weighted by molar-refractivity contribution is -0.146. The molecule has 2 atom stereocenters. The van der Waals surface area contributed by atoms with Crippen LogP contribution in [0.1, 0.15) is 36.5 Å². The Labute approximate surface area is 185 Å². The fraction of sp³-hybridized carbons (Fsp3) is 0.364. The zero-order valence-corrected chi connectivity index (χ0v) is 18.2. The highest BCUT2D eigenvalue weighted by Gasteiger charge is 2.43. The first-order valence-electron chi connectivity index (χ1n) is 9.75.